The lowest BCUT2D eigenvalue weighted by Crippen LogP contribution is -2.53. The molecule has 1 fully saturated rings. The van der Waals surface area contributed by atoms with Crippen molar-refractivity contribution in [1.29, 1.82) is 0 Å². The number of anilines is 1. The summed E-state index contributed by atoms with van der Waals surface area (Å²) in [7, 11) is 0. The highest BCUT2D eigenvalue weighted by molar-refractivity contribution is 6.35. The molecule has 0 unspecified atom stereocenters. The fraction of sp³-hybridized carbons (Fsp3) is 0.450. The highest BCUT2D eigenvalue weighted by atomic mass is 16.2. The Labute approximate surface area is 165 Å². The molecule has 3 heterocycles. The van der Waals surface area contributed by atoms with Crippen molar-refractivity contribution in [3.63, 3.8) is 0 Å². The molecule has 0 atom stereocenters. The lowest BCUT2D eigenvalue weighted by molar-refractivity contribution is -0.146. The van der Waals surface area contributed by atoms with Crippen molar-refractivity contribution in [3.05, 3.63) is 35.8 Å². The molecule has 2 aromatic rings. The van der Waals surface area contributed by atoms with Gasteiger partial charge in [-0.05, 0) is 39.8 Å². The van der Waals surface area contributed by atoms with Gasteiger partial charge in [0.1, 0.15) is 5.82 Å². The lowest BCUT2D eigenvalue weighted by atomic mass is 10.2. The molecule has 2 aromatic heterocycles. The van der Waals surface area contributed by atoms with Gasteiger partial charge >= 0.3 is 11.8 Å². The second-order valence-corrected chi connectivity index (χ2v) is 7.23. The van der Waals surface area contributed by atoms with Gasteiger partial charge in [0.2, 0.25) is 0 Å². The number of hydrogen-bond acceptors (Lipinski definition) is 6. The van der Waals surface area contributed by atoms with Gasteiger partial charge < -0.3 is 15.1 Å². The number of amides is 2. The summed E-state index contributed by atoms with van der Waals surface area (Å²) in [4.78, 5) is 41.5. The van der Waals surface area contributed by atoms with Crippen molar-refractivity contribution in [3.8, 4) is 11.4 Å². The lowest BCUT2D eigenvalue weighted by Gasteiger charge is -2.36. The normalized spacial score (nSPS) is 14.3. The first-order valence-electron chi connectivity index (χ1n) is 9.47. The zero-order chi connectivity index (χ0) is 20.3. The molecule has 148 valence electrons. The summed E-state index contributed by atoms with van der Waals surface area (Å²) in [6, 6.07) is 3.74. The number of carbonyl (C=O) groups excluding carboxylic acids is 2. The second kappa shape index (κ2) is 8.33. The highest BCUT2D eigenvalue weighted by Crippen LogP contribution is 2.25. The van der Waals surface area contributed by atoms with E-state index in [2.05, 4.69) is 20.2 Å². The maximum atomic E-state index is 12.3. The minimum Gasteiger partial charge on any atom is -0.353 e. The smallest absolute Gasteiger partial charge is 0.312 e. The first-order chi connectivity index (χ1) is 13.4. The van der Waals surface area contributed by atoms with Crippen molar-refractivity contribution in [2.24, 2.45) is 0 Å². The third-order valence-electron chi connectivity index (χ3n) is 4.76. The summed E-state index contributed by atoms with van der Waals surface area (Å²) >= 11 is 0. The van der Waals surface area contributed by atoms with Crippen LogP contribution in [0.2, 0.25) is 0 Å². The minimum atomic E-state index is -0.545. The zero-order valence-corrected chi connectivity index (χ0v) is 16.8. The summed E-state index contributed by atoms with van der Waals surface area (Å²) in [6.45, 7) is 9.84. The quantitative estimate of drug-likeness (QED) is 0.806. The topological polar surface area (TPSA) is 91.3 Å². The van der Waals surface area contributed by atoms with Crippen LogP contribution < -0.4 is 10.2 Å². The monoisotopic (exact) mass is 382 g/mol. The standard InChI is InChI=1S/C20H26N6O2/c1-13(2)22-19(27)20(28)26-10-8-25(9-11-26)18-14(3)15(4)23-17(24-18)16-6-5-7-21-12-16/h5-7,12-13H,8-11H2,1-4H3,(H,22,27). The molecule has 0 aromatic carbocycles. The van der Waals surface area contributed by atoms with E-state index in [1.54, 1.807) is 17.3 Å². The molecule has 8 nitrogen and oxygen atoms in total. The minimum absolute atomic E-state index is 0.0599. The molecule has 0 radical (unpaired) electrons. The molecule has 1 aliphatic heterocycles. The number of hydrogen-bond donors (Lipinski definition) is 1. The molecule has 0 spiro atoms. The number of rotatable bonds is 3. The predicted molar refractivity (Wildman–Crippen MR) is 107 cm³/mol. The van der Waals surface area contributed by atoms with Gasteiger partial charge in [-0.1, -0.05) is 0 Å². The van der Waals surface area contributed by atoms with Crippen LogP contribution in [0, 0.1) is 13.8 Å². The number of carbonyl (C=O) groups is 2. The molecule has 0 bridgehead atoms. The molecule has 1 saturated heterocycles. The summed E-state index contributed by atoms with van der Waals surface area (Å²) < 4.78 is 0. The summed E-state index contributed by atoms with van der Waals surface area (Å²) in [5.74, 6) is 0.488. The summed E-state index contributed by atoms with van der Waals surface area (Å²) in [5.41, 5.74) is 2.80. The first kappa shape index (κ1) is 19.7. The number of aromatic nitrogens is 3. The molecule has 1 aliphatic rings. The number of nitrogens with zero attached hydrogens (tertiary/aromatic N) is 5. The first-order valence-corrected chi connectivity index (χ1v) is 9.47. The van der Waals surface area contributed by atoms with Crippen molar-refractivity contribution in [1.82, 2.24) is 25.2 Å². The summed E-state index contributed by atoms with van der Waals surface area (Å²) in [5, 5.41) is 2.65. The van der Waals surface area contributed by atoms with E-state index in [-0.39, 0.29) is 6.04 Å². The SMILES string of the molecule is Cc1nc(-c2cccnc2)nc(N2CCN(C(=O)C(=O)NC(C)C)CC2)c1C. The number of aryl methyl sites for hydroxylation is 1. The van der Waals surface area contributed by atoms with E-state index in [1.807, 2.05) is 39.8 Å². The van der Waals surface area contributed by atoms with E-state index < -0.39 is 11.8 Å². The Hall–Kier alpha value is -3.03. The van der Waals surface area contributed by atoms with Crippen LogP contribution in [-0.4, -0.2) is 63.9 Å². The molecule has 28 heavy (non-hydrogen) atoms. The third-order valence-corrected chi connectivity index (χ3v) is 4.76. The number of pyridine rings is 1. The second-order valence-electron chi connectivity index (χ2n) is 7.23. The Morgan fingerprint density at radius 1 is 1.11 bits per heavy atom. The molecular formula is C20H26N6O2. The Balaban J connectivity index is 1.75. The number of nitrogens with one attached hydrogen (secondary N) is 1. The molecule has 2 amide bonds. The van der Waals surface area contributed by atoms with Crippen molar-refractivity contribution >= 4 is 17.6 Å². The Morgan fingerprint density at radius 3 is 2.43 bits per heavy atom. The Bertz CT molecular complexity index is 860. The molecular weight excluding hydrogens is 356 g/mol. The van der Waals surface area contributed by atoms with E-state index in [1.165, 1.54) is 0 Å². The summed E-state index contributed by atoms with van der Waals surface area (Å²) in [6.07, 6.45) is 3.47. The predicted octanol–water partition coefficient (Wildman–Crippen LogP) is 1.33. The Kier molecular flexibility index (Phi) is 5.87. The zero-order valence-electron chi connectivity index (χ0n) is 16.8. The van der Waals surface area contributed by atoms with Gasteiger partial charge in [-0.3, -0.25) is 14.6 Å². The van der Waals surface area contributed by atoms with E-state index in [9.17, 15) is 9.59 Å². The maximum absolute atomic E-state index is 12.3. The number of piperazine rings is 1. The van der Waals surface area contributed by atoms with Gasteiger partial charge in [0.05, 0.1) is 0 Å². The molecule has 3 rings (SSSR count). The largest absolute Gasteiger partial charge is 0.353 e. The fourth-order valence-electron chi connectivity index (χ4n) is 3.13. The molecule has 8 heteroatoms. The van der Waals surface area contributed by atoms with Gasteiger partial charge in [0, 0.05) is 61.4 Å². The van der Waals surface area contributed by atoms with E-state index in [0.717, 1.165) is 22.6 Å². The highest BCUT2D eigenvalue weighted by Gasteiger charge is 2.27. The van der Waals surface area contributed by atoms with E-state index >= 15 is 0 Å². The van der Waals surface area contributed by atoms with Gasteiger partial charge in [-0.15, -0.1) is 0 Å². The molecule has 0 aliphatic carbocycles. The average Bonchev–Trinajstić information content (AvgIpc) is 2.69. The van der Waals surface area contributed by atoms with Crippen LogP contribution in [0.25, 0.3) is 11.4 Å². The van der Waals surface area contributed by atoms with Crippen LogP contribution in [0.3, 0.4) is 0 Å². The fourth-order valence-corrected chi connectivity index (χ4v) is 3.13. The van der Waals surface area contributed by atoms with Crippen LogP contribution in [0.4, 0.5) is 5.82 Å². The molecule has 0 saturated carbocycles. The van der Waals surface area contributed by atoms with Crippen LogP contribution in [0.15, 0.2) is 24.5 Å². The van der Waals surface area contributed by atoms with Crippen molar-refractivity contribution < 1.29 is 9.59 Å². The van der Waals surface area contributed by atoms with Gasteiger partial charge in [0.25, 0.3) is 0 Å². The van der Waals surface area contributed by atoms with Gasteiger partial charge in [0.15, 0.2) is 5.82 Å². The van der Waals surface area contributed by atoms with Crippen molar-refractivity contribution in [2.75, 3.05) is 31.1 Å². The van der Waals surface area contributed by atoms with Crippen LogP contribution in [-0.2, 0) is 9.59 Å². The Morgan fingerprint density at radius 2 is 1.82 bits per heavy atom. The van der Waals surface area contributed by atoms with E-state index in [0.29, 0.717) is 32.0 Å². The van der Waals surface area contributed by atoms with Gasteiger partial charge in [-0.25, -0.2) is 9.97 Å². The molecule has 1 N–H and O–H groups in total. The van der Waals surface area contributed by atoms with E-state index in [4.69, 9.17) is 4.98 Å². The van der Waals surface area contributed by atoms with Crippen LogP contribution in [0.5, 0.6) is 0 Å². The van der Waals surface area contributed by atoms with Crippen LogP contribution in [0.1, 0.15) is 25.1 Å². The maximum Gasteiger partial charge on any atom is 0.312 e. The van der Waals surface area contributed by atoms with Crippen LogP contribution >= 0.6 is 0 Å². The average molecular weight is 382 g/mol. The third kappa shape index (κ3) is 4.27. The van der Waals surface area contributed by atoms with Gasteiger partial charge in [-0.2, -0.15) is 0 Å². The van der Waals surface area contributed by atoms with Crippen molar-refractivity contribution in [2.45, 2.75) is 33.7 Å².